The lowest BCUT2D eigenvalue weighted by Crippen LogP contribution is -1.90. The first-order valence-electron chi connectivity index (χ1n) is 7.49. The Kier molecular flexibility index (Phi) is 5.43. The second kappa shape index (κ2) is 7.73. The highest BCUT2D eigenvalue weighted by atomic mass is 32.2. The summed E-state index contributed by atoms with van der Waals surface area (Å²) >= 11 is 2.80. The standard InChI is InChI=1S/C19H17NO2S2/c1-13-10-15(8-9-17(13)22-2)11-16-18(21)24-19(20-16)23-12-14-6-4-3-5-7-14/h3-11H,12H2,1-2H3/b16-11-. The van der Waals surface area contributed by atoms with Gasteiger partial charge in [0, 0.05) is 5.75 Å². The molecular weight excluding hydrogens is 338 g/mol. The summed E-state index contributed by atoms with van der Waals surface area (Å²) in [5.41, 5.74) is 3.71. The molecule has 3 rings (SSSR count). The fourth-order valence-corrected chi connectivity index (χ4v) is 4.12. The van der Waals surface area contributed by atoms with Crippen molar-refractivity contribution in [1.29, 1.82) is 0 Å². The highest BCUT2D eigenvalue weighted by Crippen LogP contribution is 2.33. The van der Waals surface area contributed by atoms with Crippen LogP contribution in [-0.2, 0) is 10.5 Å². The van der Waals surface area contributed by atoms with Gasteiger partial charge >= 0.3 is 0 Å². The molecule has 0 unspecified atom stereocenters. The van der Waals surface area contributed by atoms with E-state index in [4.69, 9.17) is 4.74 Å². The third-order valence-electron chi connectivity index (χ3n) is 3.53. The van der Waals surface area contributed by atoms with E-state index in [2.05, 4.69) is 17.1 Å². The first kappa shape index (κ1) is 16.9. The molecule has 5 heteroatoms. The smallest absolute Gasteiger partial charge is 0.244 e. The third kappa shape index (κ3) is 4.10. The van der Waals surface area contributed by atoms with Gasteiger partial charge in [0.2, 0.25) is 5.12 Å². The first-order valence-corrected chi connectivity index (χ1v) is 9.30. The number of aliphatic imine (C=N–C) groups is 1. The average molecular weight is 355 g/mol. The van der Waals surface area contributed by atoms with E-state index in [9.17, 15) is 4.79 Å². The lowest BCUT2D eigenvalue weighted by molar-refractivity contribution is -0.107. The number of aryl methyl sites for hydroxylation is 1. The molecule has 0 spiro atoms. The molecule has 122 valence electrons. The van der Waals surface area contributed by atoms with Crippen LogP contribution in [0.2, 0.25) is 0 Å². The van der Waals surface area contributed by atoms with Crippen molar-refractivity contribution in [2.75, 3.05) is 7.11 Å². The molecule has 0 aromatic heterocycles. The molecule has 0 amide bonds. The summed E-state index contributed by atoms with van der Waals surface area (Å²) in [7, 11) is 1.65. The molecule has 0 saturated carbocycles. The maximum atomic E-state index is 12.2. The average Bonchev–Trinajstić information content (AvgIpc) is 2.94. The second-order valence-corrected chi connectivity index (χ2v) is 7.48. The summed E-state index contributed by atoms with van der Waals surface area (Å²) in [6.07, 6.45) is 1.83. The van der Waals surface area contributed by atoms with Crippen LogP contribution in [0.1, 0.15) is 16.7 Å². The number of carbonyl (C=O) groups excluding carboxylic acids is 1. The van der Waals surface area contributed by atoms with Crippen LogP contribution in [0.3, 0.4) is 0 Å². The van der Waals surface area contributed by atoms with Gasteiger partial charge in [0.1, 0.15) is 15.8 Å². The minimum atomic E-state index is -0.000896. The Morgan fingerprint density at radius 1 is 1.21 bits per heavy atom. The number of carbonyl (C=O) groups is 1. The number of ether oxygens (including phenoxy) is 1. The quantitative estimate of drug-likeness (QED) is 0.731. The summed E-state index contributed by atoms with van der Waals surface area (Å²) in [5, 5.41) is -0.000896. The SMILES string of the molecule is COc1ccc(/C=C2\N=C(SCc3ccccc3)SC2=O)cc1C. The fraction of sp³-hybridized carbons (Fsp3) is 0.158. The number of hydrogen-bond donors (Lipinski definition) is 0. The topological polar surface area (TPSA) is 38.7 Å². The molecule has 0 aliphatic carbocycles. The summed E-state index contributed by atoms with van der Waals surface area (Å²) in [4.78, 5) is 16.6. The number of hydrogen-bond acceptors (Lipinski definition) is 5. The van der Waals surface area contributed by atoms with Gasteiger partial charge in [0.05, 0.1) is 7.11 Å². The van der Waals surface area contributed by atoms with Crippen molar-refractivity contribution >= 4 is 39.1 Å². The highest BCUT2D eigenvalue weighted by molar-refractivity contribution is 8.45. The lowest BCUT2D eigenvalue weighted by Gasteiger charge is -2.04. The van der Waals surface area contributed by atoms with Crippen LogP contribution in [0.5, 0.6) is 5.75 Å². The van der Waals surface area contributed by atoms with Crippen LogP contribution in [-0.4, -0.2) is 16.6 Å². The molecule has 2 aromatic carbocycles. The van der Waals surface area contributed by atoms with Gasteiger partial charge in [0.15, 0.2) is 0 Å². The zero-order chi connectivity index (χ0) is 16.9. The minimum absolute atomic E-state index is 0.000896. The largest absolute Gasteiger partial charge is 0.496 e. The number of methoxy groups -OCH3 is 1. The van der Waals surface area contributed by atoms with E-state index in [1.807, 2.05) is 49.4 Å². The molecule has 0 bridgehead atoms. The fourth-order valence-electron chi connectivity index (χ4n) is 2.32. The Bertz CT molecular complexity index is 813. The van der Waals surface area contributed by atoms with Gasteiger partial charge in [-0.25, -0.2) is 4.99 Å². The van der Waals surface area contributed by atoms with Crippen LogP contribution >= 0.6 is 23.5 Å². The minimum Gasteiger partial charge on any atom is -0.496 e. The van der Waals surface area contributed by atoms with E-state index < -0.39 is 0 Å². The predicted molar refractivity (Wildman–Crippen MR) is 103 cm³/mol. The molecule has 0 saturated heterocycles. The molecule has 1 aliphatic rings. The lowest BCUT2D eigenvalue weighted by atomic mass is 10.1. The van der Waals surface area contributed by atoms with E-state index in [1.165, 1.54) is 17.3 Å². The molecule has 3 nitrogen and oxygen atoms in total. The number of rotatable bonds is 4. The van der Waals surface area contributed by atoms with Crippen molar-refractivity contribution in [3.05, 3.63) is 70.9 Å². The Hall–Kier alpha value is -1.98. The highest BCUT2D eigenvalue weighted by Gasteiger charge is 2.22. The molecule has 0 fully saturated rings. The van der Waals surface area contributed by atoms with Gasteiger partial charge < -0.3 is 4.74 Å². The Morgan fingerprint density at radius 2 is 2.00 bits per heavy atom. The monoisotopic (exact) mass is 355 g/mol. The summed E-state index contributed by atoms with van der Waals surface area (Å²) in [6, 6.07) is 16.0. The molecule has 2 aromatic rings. The molecule has 1 aliphatic heterocycles. The Morgan fingerprint density at radius 3 is 2.71 bits per heavy atom. The molecule has 0 radical (unpaired) electrons. The van der Waals surface area contributed by atoms with Crippen molar-refractivity contribution in [1.82, 2.24) is 0 Å². The van der Waals surface area contributed by atoms with Crippen LogP contribution < -0.4 is 4.74 Å². The van der Waals surface area contributed by atoms with Crippen LogP contribution in [0.25, 0.3) is 6.08 Å². The maximum Gasteiger partial charge on any atom is 0.244 e. The van der Waals surface area contributed by atoms with Crippen molar-refractivity contribution < 1.29 is 9.53 Å². The maximum absolute atomic E-state index is 12.2. The Labute approximate surface area is 150 Å². The van der Waals surface area contributed by atoms with Gasteiger partial charge in [-0.15, -0.1) is 0 Å². The van der Waals surface area contributed by atoms with Gasteiger partial charge in [-0.05, 0) is 53.6 Å². The number of thioether (sulfide) groups is 2. The van der Waals surface area contributed by atoms with Crippen LogP contribution in [0.4, 0.5) is 0 Å². The number of nitrogens with zero attached hydrogens (tertiary/aromatic N) is 1. The van der Waals surface area contributed by atoms with Crippen molar-refractivity contribution in [2.45, 2.75) is 12.7 Å². The van der Waals surface area contributed by atoms with E-state index in [0.717, 1.165) is 27.0 Å². The van der Waals surface area contributed by atoms with E-state index in [0.29, 0.717) is 5.70 Å². The third-order valence-corrected chi connectivity index (χ3v) is 5.61. The molecule has 24 heavy (non-hydrogen) atoms. The molecule has 0 N–H and O–H groups in total. The van der Waals surface area contributed by atoms with Crippen molar-refractivity contribution in [2.24, 2.45) is 4.99 Å². The summed E-state index contributed by atoms with van der Waals surface area (Å²) in [5.74, 6) is 1.65. The summed E-state index contributed by atoms with van der Waals surface area (Å²) < 4.78 is 6.07. The molecular formula is C19H17NO2S2. The van der Waals surface area contributed by atoms with E-state index >= 15 is 0 Å². The van der Waals surface area contributed by atoms with Crippen LogP contribution in [0, 0.1) is 6.92 Å². The van der Waals surface area contributed by atoms with Gasteiger partial charge in [0.25, 0.3) is 0 Å². The van der Waals surface area contributed by atoms with Crippen molar-refractivity contribution in [3.63, 3.8) is 0 Å². The van der Waals surface area contributed by atoms with Gasteiger partial charge in [-0.3, -0.25) is 4.79 Å². The van der Waals surface area contributed by atoms with Gasteiger partial charge in [-0.2, -0.15) is 0 Å². The number of benzene rings is 2. The first-order chi connectivity index (χ1) is 11.7. The summed E-state index contributed by atoms with van der Waals surface area (Å²) in [6.45, 7) is 1.98. The molecule has 0 atom stereocenters. The molecule has 1 heterocycles. The van der Waals surface area contributed by atoms with Crippen LogP contribution in [0.15, 0.2) is 59.2 Å². The predicted octanol–water partition coefficient (Wildman–Crippen LogP) is 4.91. The van der Waals surface area contributed by atoms with Gasteiger partial charge in [-0.1, -0.05) is 48.2 Å². The second-order valence-electron chi connectivity index (χ2n) is 5.30. The zero-order valence-electron chi connectivity index (χ0n) is 13.5. The van der Waals surface area contributed by atoms with E-state index in [-0.39, 0.29) is 5.12 Å². The normalized spacial score (nSPS) is 15.7. The van der Waals surface area contributed by atoms with E-state index in [1.54, 1.807) is 18.9 Å². The van der Waals surface area contributed by atoms with Crippen molar-refractivity contribution in [3.8, 4) is 5.75 Å². The Balaban J connectivity index is 1.72. The zero-order valence-corrected chi connectivity index (χ0v) is 15.1.